The normalized spacial score (nSPS) is 18.2. The standard InChI is InChI=1S/C25H28N4O4/c30-23(27-14-12-26(13-15-27)20-6-2-1-3-7-20)17-29-21-16-19(25(32)28-10-4-5-11-28)8-9-22(21)33-18-24(29)31/h1-3,6-9,16H,4-5,10-15,17-18H2. The van der Waals surface area contributed by atoms with Crippen LogP contribution in [0.3, 0.4) is 0 Å². The minimum Gasteiger partial charge on any atom is -0.482 e. The Morgan fingerprint density at radius 1 is 0.848 bits per heavy atom. The molecular formula is C25H28N4O4. The van der Waals surface area contributed by atoms with Crippen LogP contribution in [0.5, 0.6) is 5.75 Å². The van der Waals surface area contributed by atoms with Gasteiger partial charge in [-0.3, -0.25) is 19.3 Å². The van der Waals surface area contributed by atoms with E-state index in [9.17, 15) is 14.4 Å². The van der Waals surface area contributed by atoms with Crippen LogP contribution in [0.4, 0.5) is 11.4 Å². The van der Waals surface area contributed by atoms with E-state index in [0.29, 0.717) is 30.1 Å². The molecule has 2 saturated heterocycles. The fraction of sp³-hybridized carbons (Fsp3) is 0.400. The highest BCUT2D eigenvalue weighted by Crippen LogP contribution is 2.33. The van der Waals surface area contributed by atoms with E-state index in [-0.39, 0.29) is 30.9 Å². The van der Waals surface area contributed by atoms with Crippen molar-refractivity contribution in [2.75, 3.05) is 62.2 Å². The Morgan fingerprint density at radius 3 is 2.30 bits per heavy atom. The molecule has 0 unspecified atom stereocenters. The Bertz CT molecular complexity index is 1040. The molecule has 2 aromatic rings. The maximum absolute atomic E-state index is 13.1. The second-order valence-electron chi connectivity index (χ2n) is 8.65. The van der Waals surface area contributed by atoms with Gasteiger partial charge in [0.05, 0.1) is 5.69 Å². The fourth-order valence-electron chi connectivity index (χ4n) is 4.70. The molecule has 33 heavy (non-hydrogen) atoms. The summed E-state index contributed by atoms with van der Waals surface area (Å²) in [5, 5.41) is 0. The first-order chi connectivity index (χ1) is 16.1. The van der Waals surface area contributed by atoms with Crippen LogP contribution in [-0.2, 0) is 9.59 Å². The quantitative estimate of drug-likeness (QED) is 0.715. The monoisotopic (exact) mass is 448 g/mol. The zero-order valence-electron chi connectivity index (χ0n) is 18.6. The van der Waals surface area contributed by atoms with Gasteiger partial charge in [-0.1, -0.05) is 18.2 Å². The lowest BCUT2D eigenvalue weighted by Crippen LogP contribution is -2.53. The van der Waals surface area contributed by atoms with Gasteiger partial charge in [-0.05, 0) is 43.2 Å². The minimum atomic E-state index is -0.274. The van der Waals surface area contributed by atoms with Crippen molar-refractivity contribution < 1.29 is 19.1 Å². The van der Waals surface area contributed by atoms with E-state index in [0.717, 1.165) is 44.7 Å². The number of para-hydroxylation sites is 1. The van der Waals surface area contributed by atoms with Crippen molar-refractivity contribution in [2.24, 2.45) is 0 Å². The molecule has 3 amide bonds. The molecule has 0 N–H and O–H groups in total. The Kier molecular flexibility index (Phi) is 5.90. The van der Waals surface area contributed by atoms with Crippen molar-refractivity contribution in [3.05, 3.63) is 54.1 Å². The number of rotatable bonds is 4. The largest absolute Gasteiger partial charge is 0.482 e. The molecule has 0 aromatic heterocycles. The molecule has 0 radical (unpaired) electrons. The van der Waals surface area contributed by atoms with E-state index in [1.54, 1.807) is 23.1 Å². The van der Waals surface area contributed by atoms with Gasteiger partial charge in [-0.15, -0.1) is 0 Å². The number of fused-ring (bicyclic) bond motifs is 1. The molecule has 8 heteroatoms. The van der Waals surface area contributed by atoms with Gasteiger partial charge >= 0.3 is 0 Å². The van der Waals surface area contributed by atoms with Crippen LogP contribution in [0.25, 0.3) is 0 Å². The first-order valence-corrected chi connectivity index (χ1v) is 11.5. The van der Waals surface area contributed by atoms with Gasteiger partial charge in [-0.2, -0.15) is 0 Å². The second kappa shape index (κ2) is 9.13. The van der Waals surface area contributed by atoms with E-state index < -0.39 is 0 Å². The third kappa shape index (κ3) is 4.37. The van der Waals surface area contributed by atoms with Gasteiger partial charge in [0.1, 0.15) is 12.3 Å². The summed E-state index contributed by atoms with van der Waals surface area (Å²) >= 11 is 0. The smallest absolute Gasteiger partial charge is 0.265 e. The summed E-state index contributed by atoms with van der Waals surface area (Å²) < 4.78 is 5.57. The van der Waals surface area contributed by atoms with Crippen molar-refractivity contribution in [3.63, 3.8) is 0 Å². The first-order valence-electron chi connectivity index (χ1n) is 11.5. The Balaban J connectivity index is 1.28. The highest BCUT2D eigenvalue weighted by molar-refractivity contribution is 6.04. The number of carbonyl (C=O) groups excluding carboxylic acids is 3. The van der Waals surface area contributed by atoms with Gasteiger partial charge in [0.2, 0.25) is 5.91 Å². The predicted octanol–water partition coefficient (Wildman–Crippen LogP) is 2.00. The molecule has 3 heterocycles. The van der Waals surface area contributed by atoms with Gasteiger partial charge in [0.15, 0.2) is 6.61 Å². The summed E-state index contributed by atoms with van der Waals surface area (Å²) in [5.41, 5.74) is 2.16. The second-order valence-corrected chi connectivity index (χ2v) is 8.65. The summed E-state index contributed by atoms with van der Waals surface area (Å²) in [4.78, 5) is 46.0. The number of hydrogen-bond acceptors (Lipinski definition) is 5. The summed E-state index contributed by atoms with van der Waals surface area (Å²) in [6, 6.07) is 15.3. The van der Waals surface area contributed by atoms with Crippen molar-refractivity contribution in [1.82, 2.24) is 9.80 Å². The Morgan fingerprint density at radius 2 is 1.58 bits per heavy atom. The number of benzene rings is 2. The molecule has 0 bridgehead atoms. The van der Waals surface area contributed by atoms with Crippen LogP contribution >= 0.6 is 0 Å². The SMILES string of the molecule is O=C(CN1C(=O)COc2ccc(C(=O)N3CCCC3)cc21)N1CCN(c2ccccc2)CC1. The number of nitrogens with zero attached hydrogens (tertiary/aromatic N) is 4. The van der Waals surface area contributed by atoms with E-state index in [4.69, 9.17) is 4.74 Å². The van der Waals surface area contributed by atoms with Crippen molar-refractivity contribution in [3.8, 4) is 5.75 Å². The Hall–Kier alpha value is -3.55. The highest BCUT2D eigenvalue weighted by Gasteiger charge is 2.31. The summed E-state index contributed by atoms with van der Waals surface area (Å²) in [6.07, 6.45) is 2.02. The number of hydrogen-bond donors (Lipinski definition) is 0. The molecule has 0 spiro atoms. The molecular weight excluding hydrogens is 420 g/mol. The summed E-state index contributed by atoms with van der Waals surface area (Å²) in [7, 11) is 0. The Labute approximate surface area is 193 Å². The van der Waals surface area contributed by atoms with Crippen LogP contribution in [0, 0.1) is 0 Å². The third-order valence-electron chi connectivity index (χ3n) is 6.59. The van der Waals surface area contributed by atoms with Crippen LogP contribution in [0.1, 0.15) is 23.2 Å². The van der Waals surface area contributed by atoms with Crippen molar-refractivity contribution in [1.29, 1.82) is 0 Å². The number of amides is 3. The van der Waals surface area contributed by atoms with E-state index in [1.807, 2.05) is 23.1 Å². The molecule has 0 aliphatic carbocycles. The molecule has 8 nitrogen and oxygen atoms in total. The van der Waals surface area contributed by atoms with E-state index >= 15 is 0 Å². The van der Waals surface area contributed by atoms with E-state index in [2.05, 4.69) is 17.0 Å². The first kappa shape index (κ1) is 21.3. The van der Waals surface area contributed by atoms with Gasteiger partial charge in [0, 0.05) is 50.5 Å². The highest BCUT2D eigenvalue weighted by atomic mass is 16.5. The average Bonchev–Trinajstić information content (AvgIpc) is 3.41. The molecule has 172 valence electrons. The van der Waals surface area contributed by atoms with Crippen LogP contribution in [0.2, 0.25) is 0 Å². The molecule has 5 rings (SSSR count). The number of likely N-dealkylation sites (tertiary alicyclic amines) is 1. The topological polar surface area (TPSA) is 73.4 Å². The number of anilines is 2. The number of ether oxygens (including phenoxy) is 1. The number of piperazine rings is 1. The van der Waals surface area contributed by atoms with Crippen LogP contribution < -0.4 is 14.5 Å². The lowest BCUT2D eigenvalue weighted by Gasteiger charge is -2.37. The zero-order valence-corrected chi connectivity index (χ0v) is 18.6. The maximum atomic E-state index is 13.1. The van der Waals surface area contributed by atoms with Crippen LogP contribution in [-0.4, -0.2) is 79.9 Å². The van der Waals surface area contributed by atoms with Gasteiger partial charge < -0.3 is 19.4 Å². The maximum Gasteiger partial charge on any atom is 0.265 e. The van der Waals surface area contributed by atoms with Crippen LogP contribution in [0.15, 0.2) is 48.5 Å². The molecule has 2 aromatic carbocycles. The fourth-order valence-corrected chi connectivity index (χ4v) is 4.70. The molecule has 0 saturated carbocycles. The molecule has 3 aliphatic rings. The number of carbonyl (C=O) groups is 3. The molecule has 3 aliphatic heterocycles. The lowest BCUT2D eigenvalue weighted by molar-refractivity contribution is -0.132. The summed E-state index contributed by atoms with van der Waals surface area (Å²) in [5.74, 6) is 0.107. The van der Waals surface area contributed by atoms with Crippen molar-refractivity contribution >= 4 is 29.1 Å². The third-order valence-corrected chi connectivity index (χ3v) is 6.59. The van der Waals surface area contributed by atoms with Gasteiger partial charge in [0.25, 0.3) is 11.8 Å². The van der Waals surface area contributed by atoms with Crippen molar-refractivity contribution in [2.45, 2.75) is 12.8 Å². The molecule has 0 atom stereocenters. The zero-order chi connectivity index (χ0) is 22.8. The summed E-state index contributed by atoms with van der Waals surface area (Å²) in [6.45, 7) is 4.04. The van der Waals surface area contributed by atoms with Gasteiger partial charge in [-0.25, -0.2) is 0 Å². The van der Waals surface area contributed by atoms with E-state index in [1.165, 1.54) is 4.90 Å². The lowest BCUT2D eigenvalue weighted by atomic mass is 10.1. The molecule has 2 fully saturated rings. The minimum absolute atomic E-state index is 0.0448. The average molecular weight is 449 g/mol. The predicted molar refractivity (Wildman–Crippen MR) is 125 cm³/mol.